The maximum Gasteiger partial charge on any atom is 0.407 e. The first-order valence-corrected chi connectivity index (χ1v) is 10.1. The molecular formula is C23H27FN2O5. The number of unbranched alkanes of at least 4 members (excludes halogenated alkanes) is 2. The molecular weight excluding hydrogens is 403 g/mol. The minimum atomic E-state index is -1.14. The van der Waals surface area contributed by atoms with Gasteiger partial charge in [0.1, 0.15) is 18.5 Å². The highest BCUT2D eigenvalue weighted by molar-refractivity contribution is 5.83. The molecule has 0 saturated carbocycles. The van der Waals surface area contributed by atoms with Gasteiger partial charge in [-0.2, -0.15) is 0 Å². The van der Waals surface area contributed by atoms with Crippen LogP contribution in [0.15, 0.2) is 54.6 Å². The van der Waals surface area contributed by atoms with E-state index >= 15 is 0 Å². The Morgan fingerprint density at radius 2 is 1.65 bits per heavy atom. The summed E-state index contributed by atoms with van der Waals surface area (Å²) in [5.74, 6) is -1.90. The molecule has 31 heavy (non-hydrogen) atoms. The average molecular weight is 430 g/mol. The van der Waals surface area contributed by atoms with E-state index in [-0.39, 0.29) is 25.4 Å². The van der Waals surface area contributed by atoms with Gasteiger partial charge in [-0.05, 0) is 36.1 Å². The smallest absolute Gasteiger partial charge is 0.407 e. The molecule has 8 heteroatoms. The lowest BCUT2D eigenvalue weighted by Gasteiger charge is -2.14. The predicted molar refractivity (Wildman–Crippen MR) is 113 cm³/mol. The van der Waals surface area contributed by atoms with Crippen LogP contribution in [-0.4, -0.2) is 35.7 Å². The number of carbonyl (C=O) groups is 3. The molecule has 0 fully saturated rings. The predicted octanol–water partition coefficient (Wildman–Crippen LogP) is 3.42. The van der Waals surface area contributed by atoms with Crippen LogP contribution in [-0.2, 0) is 27.4 Å². The highest BCUT2D eigenvalue weighted by Gasteiger charge is 2.20. The summed E-state index contributed by atoms with van der Waals surface area (Å²) in [7, 11) is 0. The summed E-state index contributed by atoms with van der Waals surface area (Å²) in [6.07, 6.45) is 1.71. The number of carboxylic acids is 1. The van der Waals surface area contributed by atoms with Crippen molar-refractivity contribution in [3.8, 4) is 0 Å². The first kappa shape index (κ1) is 23.9. The molecule has 3 N–H and O–H groups in total. The fourth-order valence-electron chi connectivity index (χ4n) is 2.87. The Labute approximate surface area is 180 Å². The number of benzene rings is 2. The number of rotatable bonds is 12. The van der Waals surface area contributed by atoms with Crippen molar-refractivity contribution in [2.24, 2.45) is 0 Å². The highest BCUT2D eigenvalue weighted by atomic mass is 19.1. The van der Waals surface area contributed by atoms with Gasteiger partial charge in [0.2, 0.25) is 5.91 Å². The van der Waals surface area contributed by atoms with Crippen molar-refractivity contribution in [2.45, 2.75) is 44.8 Å². The van der Waals surface area contributed by atoms with E-state index in [1.54, 1.807) is 0 Å². The summed E-state index contributed by atoms with van der Waals surface area (Å²) in [4.78, 5) is 35.1. The zero-order chi connectivity index (χ0) is 22.5. The molecule has 0 aromatic heterocycles. The van der Waals surface area contributed by atoms with E-state index < -0.39 is 23.9 Å². The van der Waals surface area contributed by atoms with E-state index in [1.165, 1.54) is 24.3 Å². The number of hydrogen-bond acceptors (Lipinski definition) is 4. The Balaban J connectivity index is 1.57. The minimum absolute atomic E-state index is 0.0797. The summed E-state index contributed by atoms with van der Waals surface area (Å²) in [6, 6.07) is 13.8. The zero-order valence-corrected chi connectivity index (χ0v) is 17.2. The lowest BCUT2D eigenvalue weighted by molar-refractivity contribution is -0.141. The topological polar surface area (TPSA) is 105 Å². The highest BCUT2D eigenvalue weighted by Crippen LogP contribution is 2.07. The van der Waals surface area contributed by atoms with Crippen molar-refractivity contribution in [2.75, 3.05) is 6.54 Å². The van der Waals surface area contributed by atoms with Crippen molar-refractivity contribution in [3.05, 3.63) is 71.5 Å². The third kappa shape index (κ3) is 9.75. The maximum atomic E-state index is 13.0. The van der Waals surface area contributed by atoms with Gasteiger partial charge in [-0.15, -0.1) is 0 Å². The van der Waals surface area contributed by atoms with Crippen LogP contribution in [0.25, 0.3) is 0 Å². The number of ether oxygens (including phenoxy) is 1. The van der Waals surface area contributed by atoms with E-state index in [2.05, 4.69) is 10.6 Å². The molecule has 2 aromatic carbocycles. The van der Waals surface area contributed by atoms with Gasteiger partial charge in [0.05, 0.1) is 0 Å². The summed E-state index contributed by atoms with van der Waals surface area (Å²) in [6.45, 7) is 0.632. The number of carbonyl (C=O) groups excluding carboxylic acids is 2. The fraction of sp³-hybridized carbons (Fsp3) is 0.348. The van der Waals surface area contributed by atoms with Gasteiger partial charge >= 0.3 is 12.1 Å². The summed E-state index contributed by atoms with van der Waals surface area (Å²) in [5, 5.41) is 14.5. The van der Waals surface area contributed by atoms with E-state index in [0.29, 0.717) is 31.4 Å². The molecule has 2 aromatic rings. The van der Waals surface area contributed by atoms with Gasteiger partial charge in [-0.1, -0.05) is 48.9 Å². The minimum Gasteiger partial charge on any atom is -0.480 e. The Hall–Kier alpha value is -3.42. The van der Waals surface area contributed by atoms with Crippen LogP contribution in [0, 0.1) is 5.82 Å². The molecule has 0 aliphatic rings. The quantitative estimate of drug-likeness (QED) is 0.448. The maximum absolute atomic E-state index is 13.0. The third-order valence-corrected chi connectivity index (χ3v) is 4.55. The Morgan fingerprint density at radius 3 is 2.32 bits per heavy atom. The van der Waals surface area contributed by atoms with Crippen LogP contribution in [0.2, 0.25) is 0 Å². The molecule has 0 radical (unpaired) electrons. The zero-order valence-electron chi connectivity index (χ0n) is 17.2. The molecule has 0 aliphatic heterocycles. The standard InChI is InChI=1S/C23H27FN2O5/c24-19-12-10-17(11-13-19)15-20(22(28)29)26-21(27)9-5-2-6-14-25-23(30)31-16-18-7-3-1-4-8-18/h1,3-4,7-8,10-13,20H,2,5-6,9,14-16H2,(H,25,30)(H,26,27)(H,28,29)/t20-/m0/s1. The van der Waals surface area contributed by atoms with Crippen molar-refractivity contribution in [1.82, 2.24) is 10.6 Å². The van der Waals surface area contributed by atoms with Crippen LogP contribution in [0.1, 0.15) is 36.8 Å². The third-order valence-electron chi connectivity index (χ3n) is 4.55. The van der Waals surface area contributed by atoms with Crippen LogP contribution in [0.3, 0.4) is 0 Å². The number of hydrogen-bond donors (Lipinski definition) is 3. The van der Waals surface area contributed by atoms with E-state index in [9.17, 15) is 23.9 Å². The number of halogens is 1. The monoisotopic (exact) mass is 430 g/mol. The molecule has 2 rings (SSSR count). The fourth-order valence-corrected chi connectivity index (χ4v) is 2.87. The second kappa shape index (κ2) is 13.0. The van der Waals surface area contributed by atoms with Crippen molar-refractivity contribution < 1.29 is 28.6 Å². The number of carboxylic acid groups (broad SMARTS) is 1. The number of amides is 2. The first-order chi connectivity index (χ1) is 14.9. The van der Waals surface area contributed by atoms with Crippen molar-refractivity contribution in [1.29, 1.82) is 0 Å². The van der Waals surface area contributed by atoms with Gasteiger partial charge in [-0.3, -0.25) is 4.79 Å². The molecule has 166 valence electrons. The normalized spacial score (nSPS) is 11.4. The van der Waals surface area contributed by atoms with Crippen LogP contribution in [0.4, 0.5) is 9.18 Å². The molecule has 0 bridgehead atoms. The SMILES string of the molecule is O=C(CCCCCNC(=O)OCc1ccccc1)N[C@@H](Cc1ccc(F)cc1)C(=O)O. The van der Waals surface area contributed by atoms with Crippen molar-refractivity contribution in [3.63, 3.8) is 0 Å². The van der Waals surface area contributed by atoms with Gasteiger partial charge in [0.15, 0.2) is 0 Å². The molecule has 0 aliphatic carbocycles. The van der Waals surface area contributed by atoms with Crippen LogP contribution < -0.4 is 10.6 Å². The van der Waals surface area contributed by atoms with Crippen LogP contribution >= 0.6 is 0 Å². The molecule has 2 amide bonds. The largest absolute Gasteiger partial charge is 0.480 e. The first-order valence-electron chi connectivity index (χ1n) is 10.1. The van der Waals surface area contributed by atoms with Crippen LogP contribution in [0.5, 0.6) is 0 Å². The van der Waals surface area contributed by atoms with E-state index in [0.717, 1.165) is 5.56 Å². The number of alkyl carbamates (subject to hydrolysis) is 1. The summed E-state index contributed by atoms with van der Waals surface area (Å²) in [5.41, 5.74) is 1.53. The molecule has 0 saturated heterocycles. The summed E-state index contributed by atoms with van der Waals surface area (Å²) >= 11 is 0. The van der Waals surface area contributed by atoms with E-state index in [1.807, 2.05) is 30.3 Å². The Morgan fingerprint density at radius 1 is 0.935 bits per heavy atom. The van der Waals surface area contributed by atoms with Gasteiger partial charge in [0.25, 0.3) is 0 Å². The second-order valence-corrected chi connectivity index (χ2v) is 7.09. The lowest BCUT2D eigenvalue weighted by Crippen LogP contribution is -2.42. The number of aliphatic carboxylic acids is 1. The van der Waals surface area contributed by atoms with E-state index in [4.69, 9.17) is 4.74 Å². The summed E-state index contributed by atoms with van der Waals surface area (Å²) < 4.78 is 18.1. The Bertz CT molecular complexity index is 843. The molecule has 1 atom stereocenters. The van der Waals surface area contributed by atoms with Gasteiger partial charge in [0, 0.05) is 19.4 Å². The Kier molecular flexibility index (Phi) is 10.0. The molecule has 7 nitrogen and oxygen atoms in total. The number of nitrogens with one attached hydrogen (secondary N) is 2. The average Bonchev–Trinajstić information content (AvgIpc) is 2.76. The molecule has 0 unspecified atom stereocenters. The molecule has 0 heterocycles. The lowest BCUT2D eigenvalue weighted by atomic mass is 10.1. The second-order valence-electron chi connectivity index (χ2n) is 7.09. The van der Waals surface area contributed by atoms with Gasteiger partial charge in [-0.25, -0.2) is 14.0 Å². The van der Waals surface area contributed by atoms with Gasteiger partial charge < -0.3 is 20.5 Å². The molecule has 0 spiro atoms. The van der Waals surface area contributed by atoms with Crippen molar-refractivity contribution >= 4 is 18.0 Å².